The number of hydrogen-bond acceptors (Lipinski definition) is 4. The Balaban J connectivity index is 1.31. The zero-order chi connectivity index (χ0) is 21.5. The summed E-state index contributed by atoms with van der Waals surface area (Å²) in [5.41, 5.74) is 3.08. The van der Waals surface area contributed by atoms with Crippen molar-refractivity contribution in [1.82, 2.24) is 19.7 Å². The van der Waals surface area contributed by atoms with Crippen LogP contribution in [0, 0.1) is 12.7 Å². The van der Waals surface area contributed by atoms with E-state index in [0.29, 0.717) is 31.7 Å². The number of aromatic nitrogens is 3. The highest BCUT2D eigenvalue weighted by Gasteiger charge is 2.22. The highest BCUT2D eigenvalue weighted by atomic mass is 19.1. The zero-order valence-corrected chi connectivity index (χ0v) is 17.1. The van der Waals surface area contributed by atoms with Gasteiger partial charge in [0.2, 0.25) is 5.91 Å². The van der Waals surface area contributed by atoms with Crippen molar-refractivity contribution in [3.05, 3.63) is 70.4 Å². The Kier molecular flexibility index (Phi) is 4.69. The first kappa shape index (κ1) is 19.3. The molecule has 2 aromatic heterocycles. The van der Waals surface area contributed by atoms with E-state index in [2.05, 4.69) is 15.0 Å². The van der Waals surface area contributed by atoms with E-state index in [0.717, 1.165) is 27.5 Å². The summed E-state index contributed by atoms with van der Waals surface area (Å²) in [6.45, 7) is 4.29. The summed E-state index contributed by atoms with van der Waals surface area (Å²) >= 11 is 0. The molecule has 7 nitrogen and oxygen atoms in total. The molecule has 2 aromatic carbocycles. The first-order chi connectivity index (χ1) is 15.0. The van der Waals surface area contributed by atoms with Crippen LogP contribution in [0.1, 0.15) is 5.56 Å². The number of anilines is 1. The Hall–Kier alpha value is -3.68. The first-order valence-electron chi connectivity index (χ1n) is 10.3. The molecule has 1 aliphatic heterocycles. The fourth-order valence-electron chi connectivity index (χ4n) is 4.14. The van der Waals surface area contributed by atoms with Crippen molar-refractivity contribution in [2.24, 2.45) is 0 Å². The van der Waals surface area contributed by atoms with Crippen LogP contribution in [0.5, 0.6) is 0 Å². The molecule has 4 aromatic rings. The molecule has 8 heteroatoms. The second-order valence-corrected chi connectivity index (χ2v) is 7.91. The highest BCUT2D eigenvalue weighted by molar-refractivity contribution is 6.06. The number of aromatic amines is 1. The SMILES string of the molecule is Cc1ccc2[nH]c3c(=O)n(CC(=O)N4CCN(c5ccc(F)cc5)CC4)ncc3c2c1. The van der Waals surface area contributed by atoms with E-state index in [9.17, 15) is 14.0 Å². The standard InChI is InChI=1S/C23H22FN5O2/c1-15-2-7-20-18(12-15)19-13-25-29(23(31)22(19)26-20)14-21(30)28-10-8-27(9-11-28)17-5-3-16(24)4-6-17/h2-7,12-13,26H,8-11,14H2,1H3. The molecule has 1 fully saturated rings. The van der Waals surface area contributed by atoms with Gasteiger partial charge in [-0.25, -0.2) is 9.07 Å². The predicted octanol–water partition coefficient (Wildman–Crippen LogP) is 2.67. The predicted molar refractivity (Wildman–Crippen MR) is 118 cm³/mol. The van der Waals surface area contributed by atoms with E-state index in [4.69, 9.17) is 0 Å². The highest BCUT2D eigenvalue weighted by Crippen LogP contribution is 2.23. The molecule has 0 saturated carbocycles. The van der Waals surface area contributed by atoms with Crippen LogP contribution in [0.3, 0.4) is 0 Å². The first-order valence-corrected chi connectivity index (χ1v) is 10.3. The molecule has 0 aliphatic carbocycles. The summed E-state index contributed by atoms with van der Waals surface area (Å²) < 4.78 is 14.4. The maximum absolute atomic E-state index is 13.1. The van der Waals surface area contributed by atoms with Crippen molar-refractivity contribution in [2.45, 2.75) is 13.5 Å². The Morgan fingerprint density at radius 1 is 1.06 bits per heavy atom. The molecule has 1 saturated heterocycles. The number of halogens is 1. The van der Waals surface area contributed by atoms with Crippen molar-refractivity contribution in [2.75, 3.05) is 31.1 Å². The van der Waals surface area contributed by atoms with Crippen LogP contribution < -0.4 is 10.5 Å². The number of aryl methyl sites for hydroxylation is 1. The fraction of sp³-hybridized carbons (Fsp3) is 0.261. The number of fused-ring (bicyclic) bond motifs is 3. The molecule has 0 radical (unpaired) electrons. The number of piperazine rings is 1. The van der Waals surface area contributed by atoms with Crippen LogP contribution in [-0.2, 0) is 11.3 Å². The number of nitrogens with one attached hydrogen (secondary N) is 1. The zero-order valence-electron chi connectivity index (χ0n) is 17.1. The molecule has 0 atom stereocenters. The summed E-state index contributed by atoms with van der Waals surface area (Å²) in [4.78, 5) is 32.8. The second kappa shape index (κ2) is 7.54. The van der Waals surface area contributed by atoms with Gasteiger partial charge in [-0.05, 0) is 43.3 Å². The lowest BCUT2D eigenvalue weighted by atomic mass is 10.1. The van der Waals surface area contributed by atoms with E-state index >= 15 is 0 Å². The minimum Gasteiger partial charge on any atom is -0.368 e. The molecule has 31 heavy (non-hydrogen) atoms. The van der Waals surface area contributed by atoms with Gasteiger partial charge in [-0.1, -0.05) is 11.6 Å². The molecule has 3 heterocycles. The molecular weight excluding hydrogens is 397 g/mol. The molecule has 0 bridgehead atoms. The van der Waals surface area contributed by atoms with Gasteiger partial charge in [-0.2, -0.15) is 5.10 Å². The van der Waals surface area contributed by atoms with Gasteiger partial charge < -0.3 is 14.8 Å². The number of benzene rings is 2. The minimum absolute atomic E-state index is 0.0975. The molecule has 1 N–H and O–H groups in total. The van der Waals surface area contributed by atoms with Crippen LogP contribution in [0.2, 0.25) is 0 Å². The summed E-state index contributed by atoms with van der Waals surface area (Å²) in [5, 5.41) is 5.97. The lowest BCUT2D eigenvalue weighted by Gasteiger charge is -2.36. The van der Waals surface area contributed by atoms with E-state index in [1.54, 1.807) is 23.2 Å². The Morgan fingerprint density at radius 3 is 2.55 bits per heavy atom. The van der Waals surface area contributed by atoms with Crippen LogP contribution in [0.4, 0.5) is 10.1 Å². The smallest absolute Gasteiger partial charge is 0.291 e. The van der Waals surface area contributed by atoms with Gasteiger partial charge in [0.15, 0.2) is 0 Å². The van der Waals surface area contributed by atoms with Crippen molar-refractivity contribution >= 4 is 33.4 Å². The third-order valence-corrected chi connectivity index (χ3v) is 5.88. The van der Waals surface area contributed by atoms with Crippen LogP contribution in [0.25, 0.3) is 21.8 Å². The maximum Gasteiger partial charge on any atom is 0.291 e. The molecule has 1 aliphatic rings. The fourth-order valence-corrected chi connectivity index (χ4v) is 4.14. The van der Waals surface area contributed by atoms with Gasteiger partial charge in [0.1, 0.15) is 17.9 Å². The lowest BCUT2D eigenvalue weighted by Crippen LogP contribution is -2.50. The molecule has 0 spiro atoms. The average molecular weight is 419 g/mol. The van der Waals surface area contributed by atoms with Gasteiger partial charge in [0.25, 0.3) is 5.56 Å². The molecule has 1 amide bonds. The van der Waals surface area contributed by atoms with Gasteiger partial charge in [0.05, 0.1) is 6.20 Å². The summed E-state index contributed by atoms with van der Waals surface area (Å²) in [5.74, 6) is -0.405. The van der Waals surface area contributed by atoms with Crippen molar-refractivity contribution in [1.29, 1.82) is 0 Å². The average Bonchev–Trinajstić information content (AvgIpc) is 3.15. The Labute approximate surface area is 177 Å². The minimum atomic E-state index is -0.301. The number of hydrogen-bond donors (Lipinski definition) is 1. The van der Waals surface area contributed by atoms with Gasteiger partial charge in [-0.15, -0.1) is 0 Å². The summed E-state index contributed by atoms with van der Waals surface area (Å²) in [6, 6.07) is 12.3. The number of nitrogens with zero attached hydrogens (tertiary/aromatic N) is 4. The Morgan fingerprint density at radius 2 is 1.81 bits per heavy atom. The van der Waals surface area contributed by atoms with Crippen molar-refractivity contribution in [3.8, 4) is 0 Å². The van der Waals surface area contributed by atoms with Crippen LogP contribution in [-0.4, -0.2) is 51.8 Å². The maximum atomic E-state index is 13.1. The van der Waals surface area contributed by atoms with Gasteiger partial charge >= 0.3 is 0 Å². The van der Waals surface area contributed by atoms with Gasteiger partial charge in [-0.3, -0.25) is 9.59 Å². The van der Waals surface area contributed by atoms with E-state index in [1.165, 1.54) is 16.8 Å². The number of carbonyl (C=O) groups is 1. The topological polar surface area (TPSA) is 74.2 Å². The van der Waals surface area contributed by atoms with E-state index < -0.39 is 0 Å². The second-order valence-electron chi connectivity index (χ2n) is 7.91. The largest absolute Gasteiger partial charge is 0.368 e. The van der Waals surface area contributed by atoms with Crippen LogP contribution >= 0.6 is 0 Å². The monoisotopic (exact) mass is 419 g/mol. The quantitative estimate of drug-likeness (QED) is 0.554. The summed E-state index contributed by atoms with van der Waals surface area (Å²) in [7, 11) is 0. The summed E-state index contributed by atoms with van der Waals surface area (Å²) in [6.07, 6.45) is 1.65. The number of amides is 1. The van der Waals surface area contributed by atoms with E-state index in [-0.39, 0.29) is 23.8 Å². The third kappa shape index (κ3) is 3.54. The molecular formula is C23H22FN5O2. The Bertz CT molecular complexity index is 1330. The lowest BCUT2D eigenvalue weighted by molar-refractivity contribution is -0.132. The van der Waals surface area contributed by atoms with E-state index in [1.807, 2.05) is 25.1 Å². The number of H-pyrrole nitrogens is 1. The third-order valence-electron chi connectivity index (χ3n) is 5.88. The van der Waals surface area contributed by atoms with Crippen LogP contribution in [0.15, 0.2) is 53.5 Å². The molecule has 5 rings (SSSR count). The van der Waals surface area contributed by atoms with Gasteiger partial charge in [0, 0.05) is 48.2 Å². The number of rotatable bonds is 3. The normalized spacial score (nSPS) is 14.5. The number of carbonyl (C=O) groups excluding carboxylic acids is 1. The van der Waals surface area contributed by atoms with Crippen molar-refractivity contribution < 1.29 is 9.18 Å². The molecule has 0 unspecified atom stereocenters. The molecule has 158 valence electrons. The van der Waals surface area contributed by atoms with Crippen molar-refractivity contribution in [3.63, 3.8) is 0 Å².